The van der Waals surface area contributed by atoms with Gasteiger partial charge in [-0.1, -0.05) is 0 Å². The molecule has 0 aliphatic rings. The average Bonchev–Trinajstić information content (AvgIpc) is 2.81. The van der Waals surface area contributed by atoms with Crippen LogP contribution in [-0.2, 0) is 0 Å². The van der Waals surface area contributed by atoms with Gasteiger partial charge in [0, 0.05) is 12.1 Å². The van der Waals surface area contributed by atoms with Crippen molar-refractivity contribution >= 4 is 17.0 Å². The molecule has 0 radical (unpaired) electrons. The molecule has 108 valence electrons. The predicted octanol–water partition coefficient (Wildman–Crippen LogP) is 2.76. The summed E-state index contributed by atoms with van der Waals surface area (Å²) in [7, 11) is 3.13. The number of imidazole rings is 1. The fourth-order valence-electron chi connectivity index (χ4n) is 2.31. The molecule has 0 fully saturated rings. The first-order chi connectivity index (χ1) is 10.1. The lowest BCUT2D eigenvalue weighted by molar-refractivity contribution is 0.355. The molecule has 3 aromatic rings. The van der Waals surface area contributed by atoms with Crippen molar-refractivity contribution in [3.05, 3.63) is 42.2 Å². The first kappa shape index (κ1) is 13.2. The van der Waals surface area contributed by atoms with Crippen LogP contribution in [-0.4, -0.2) is 23.8 Å². The zero-order valence-electron chi connectivity index (χ0n) is 11.6. The second-order valence-corrected chi connectivity index (χ2v) is 4.48. The lowest BCUT2D eigenvalue weighted by atomic mass is 10.2. The topological polar surface area (TPSA) is 62.3 Å². The van der Waals surface area contributed by atoms with Crippen LogP contribution in [0.3, 0.4) is 0 Å². The molecule has 21 heavy (non-hydrogen) atoms. The minimum atomic E-state index is -0.348. The highest BCUT2D eigenvalue weighted by atomic mass is 19.1. The van der Waals surface area contributed by atoms with Crippen molar-refractivity contribution in [3.8, 4) is 17.2 Å². The molecule has 0 amide bonds. The number of hydrogen-bond donors (Lipinski definition) is 1. The molecule has 0 aliphatic carbocycles. The van der Waals surface area contributed by atoms with Gasteiger partial charge in [-0.3, -0.25) is 4.57 Å². The Morgan fingerprint density at radius 1 is 1.05 bits per heavy atom. The number of halogens is 1. The lowest BCUT2D eigenvalue weighted by Gasteiger charge is -2.11. The molecule has 6 heteroatoms. The summed E-state index contributed by atoms with van der Waals surface area (Å²) in [6.07, 6.45) is 0. The lowest BCUT2D eigenvalue weighted by Crippen LogP contribution is -2.01. The molecular weight excluding hydrogens is 273 g/mol. The first-order valence-electron chi connectivity index (χ1n) is 6.30. The summed E-state index contributed by atoms with van der Waals surface area (Å²) >= 11 is 0. The zero-order chi connectivity index (χ0) is 15.0. The molecule has 0 spiro atoms. The van der Waals surface area contributed by atoms with E-state index in [1.165, 1.54) is 12.1 Å². The van der Waals surface area contributed by atoms with E-state index < -0.39 is 0 Å². The summed E-state index contributed by atoms with van der Waals surface area (Å²) in [6, 6.07) is 9.78. The van der Waals surface area contributed by atoms with E-state index in [1.807, 2.05) is 6.07 Å². The summed E-state index contributed by atoms with van der Waals surface area (Å²) in [6.45, 7) is 0. The number of hydrogen-bond acceptors (Lipinski definition) is 4. The SMILES string of the molecule is COc1ccc(-n2c(N)nc3cc(F)ccc32)cc1OC. The Hall–Kier alpha value is -2.76. The van der Waals surface area contributed by atoms with Crippen LogP contribution in [0.25, 0.3) is 16.7 Å². The number of nitrogen functional groups attached to an aromatic ring is 1. The Morgan fingerprint density at radius 2 is 1.81 bits per heavy atom. The van der Waals surface area contributed by atoms with Gasteiger partial charge in [0.05, 0.1) is 30.9 Å². The van der Waals surface area contributed by atoms with Crippen LogP contribution in [0.2, 0.25) is 0 Å². The van der Waals surface area contributed by atoms with E-state index >= 15 is 0 Å². The number of benzene rings is 2. The number of methoxy groups -OCH3 is 2. The number of nitrogens with zero attached hydrogens (tertiary/aromatic N) is 2. The molecule has 2 aromatic carbocycles. The van der Waals surface area contributed by atoms with Crippen LogP contribution in [0.5, 0.6) is 11.5 Å². The Balaban J connectivity index is 2.22. The molecule has 3 rings (SSSR count). The zero-order valence-corrected chi connectivity index (χ0v) is 11.6. The molecule has 2 N–H and O–H groups in total. The van der Waals surface area contributed by atoms with Gasteiger partial charge in [0.15, 0.2) is 11.5 Å². The van der Waals surface area contributed by atoms with Gasteiger partial charge in [-0.15, -0.1) is 0 Å². The van der Waals surface area contributed by atoms with E-state index in [4.69, 9.17) is 15.2 Å². The molecule has 0 bridgehead atoms. The number of ether oxygens (including phenoxy) is 2. The van der Waals surface area contributed by atoms with Crippen molar-refractivity contribution in [3.63, 3.8) is 0 Å². The number of nitrogens with two attached hydrogens (primary N) is 1. The second-order valence-electron chi connectivity index (χ2n) is 4.48. The van der Waals surface area contributed by atoms with E-state index in [1.54, 1.807) is 37.0 Å². The third-order valence-corrected chi connectivity index (χ3v) is 3.27. The minimum Gasteiger partial charge on any atom is -0.493 e. The third kappa shape index (κ3) is 2.14. The van der Waals surface area contributed by atoms with Crippen LogP contribution in [0.15, 0.2) is 36.4 Å². The van der Waals surface area contributed by atoms with Gasteiger partial charge >= 0.3 is 0 Å². The summed E-state index contributed by atoms with van der Waals surface area (Å²) in [5.41, 5.74) is 7.94. The Morgan fingerprint density at radius 3 is 2.52 bits per heavy atom. The molecule has 1 heterocycles. The average molecular weight is 287 g/mol. The molecule has 0 aliphatic heterocycles. The quantitative estimate of drug-likeness (QED) is 0.804. The first-order valence-corrected chi connectivity index (χ1v) is 6.30. The summed E-state index contributed by atoms with van der Waals surface area (Å²) in [4.78, 5) is 4.18. The largest absolute Gasteiger partial charge is 0.493 e. The maximum Gasteiger partial charge on any atom is 0.205 e. The highest BCUT2D eigenvalue weighted by Crippen LogP contribution is 2.31. The standard InChI is InChI=1S/C15H14FN3O2/c1-20-13-6-4-10(8-14(13)21-2)19-12-5-3-9(16)7-11(12)18-15(19)17/h3-8H,1-2H3,(H2,17,18). The monoisotopic (exact) mass is 287 g/mol. The van der Waals surface area contributed by atoms with Gasteiger partial charge in [0.1, 0.15) is 5.82 Å². The van der Waals surface area contributed by atoms with Crippen molar-refractivity contribution in [1.82, 2.24) is 9.55 Å². The van der Waals surface area contributed by atoms with Gasteiger partial charge in [-0.25, -0.2) is 9.37 Å². The van der Waals surface area contributed by atoms with E-state index in [0.29, 0.717) is 17.0 Å². The third-order valence-electron chi connectivity index (χ3n) is 3.27. The Bertz CT molecular complexity index is 814. The summed E-state index contributed by atoms with van der Waals surface area (Å²) in [5, 5.41) is 0. The summed E-state index contributed by atoms with van der Waals surface area (Å²) in [5.74, 6) is 1.14. The van der Waals surface area contributed by atoms with Gasteiger partial charge in [-0.05, 0) is 24.3 Å². The molecule has 5 nitrogen and oxygen atoms in total. The number of rotatable bonds is 3. The van der Waals surface area contributed by atoms with Gasteiger partial charge in [0.25, 0.3) is 0 Å². The molecule has 0 unspecified atom stereocenters. The molecule has 0 saturated heterocycles. The number of fused-ring (bicyclic) bond motifs is 1. The van der Waals surface area contributed by atoms with Crippen molar-refractivity contribution in [2.75, 3.05) is 20.0 Å². The van der Waals surface area contributed by atoms with Crippen molar-refractivity contribution in [1.29, 1.82) is 0 Å². The maximum absolute atomic E-state index is 13.3. The normalized spacial score (nSPS) is 10.8. The Labute approximate surface area is 120 Å². The van der Waals surface area contributed by atoms with Crippen LogP contribution < -0.4 is 15.2 Å². The fourth-order valence-corrected chi connectivity index (χ4v) is 2.31. The van der Waals surface area contributed by atoms with Gasteiger partial charge in [0.2, 0.25) is 5.95 Å². The van der Waals surface area contributed by atoms with Crippen LogP contribution in [0.4, 0.5) is 10.3 Å². The number of anilines is 1. The van der Waals surface area contributed by atoms with Crippen LogP contribution in [0.1, 0.15) is 0 Å². The summed E-state index contributed by atoms with van der Waals surface area (Å²) < 4.78 is 25.5. The second kappa shape index (κ2) is 4.97. The fraction of sp³-hybridized carbons (Fsp3) is 0.133. The number of aromatic nitrogens is 2. The van der Waals surface area contributed by atoms with E-state index in [9.17, 15) is 4.39 Å². The van der Waals surface area contributed by atoms with Crippen molar-refractivity contribution in [2.24, 2.45) is 0 Å². The minimum absolute atomic E-state index is 0.280. The highest BCUT2D eigenvalue weighted by Gasteiger charge is 2.13. The van der Waals surface area contributed by atoms with E-state index in [0.717, 1.165) is 11.2 Å². The van der Waals surface area contributed by atoms with Gasteiger partial charge < -0.3 is 15.2 Å². The molecule has 1 aromatic heterocycles. The molecular formula is C15H14FN3O2. The Kier molecular flexibility index (Phi) is 3.13. The van der Waals surface area contributed by atoms with Gasteiger partial charge in [-0.2, -0.15) is 0 Å². The van der Waals surface area contributed by atoms with E-state index in [-0.39, 0.29) is 11.8 Å². The van der Waals surface area contributed by atoms with Crippen molar-refractivity contribution < 1.29 is 13.9 Å². The van der Waals surface area contributed by atoms with Crippen molar-refractivity contribution in [2.45, 2.75) is 0 Å². The smallest absolute Gasteiger partial charge is 0.205 e. The van der Waals surface area contributed by atoms with Crippen LogP contribution in [0, 0.1) is 5.82 Å². The highest BCUT2D eigenvalue weighted by molar-refractivity contribution is 5.81. The van der Waals surface area contributed by atoms with E-state index in [2.05, 4.69) is 4.98 Å². The molecule has 0 saturated carbocycles. The molecule has 0 atom stereocenters. The maximum atomic E-state index is 13.3. The predicted molar refractivity (Wildman–Crippen MR) is 78.5 cm³/mol. The van der Waals surface area contributed by atoms with Crippen LogP contribution >= 0.6 is 0 Å².